The van der Waals surface area contributed by atoms with E-state index >= 15 is 0 Å². The molecule has 0 aromatic carbocycles. The summed E-state index contributed by atoms with van der Waals surface area (Å²) in [4.78, 5) is 22.1. The molecule has 0 fully saturated rings. The second kappa shape index (κ2) is 10.4. The maximum absolute atomic E-state index is 11.1. The molecule has 0 bridgehead atoms. The zero-order valence-electron chi connectivity index (χ0n) is 9.99. The van der Waals surface area contributed by atoms with Gasteiger partial charge in [0.2, 0.25) is 0 Å². The molecule has 5 nitrogen and oxygen atoms in total. The molecule has 94 valence electrons. The predicted octanol–water partition coefficient (Wildman–Crippen LogP) is 1.30. The van der Waals surface area contributed by atoms with Crippen LogP contribution in [-0.2, 0) is 23.8 Å². The zero-order chi connectivity index (χ0) is 12.2. The Morgan fingerprint density at radius 3 is 2.00 bits per heavy atom. The minimum Gasteiger partial charge on any atom is -0.466 e. The first kappa shape index (κ1) is 14.9. The number of esters is 2. The molecule has 0 heterocycles. The minimum absolute atomic E-state index is 0.241. The van der Waals surface area contributed by atoms with Crippen LogP contribution in [-0.4, -0.2) is 38.9 Å². The molecule has 0 spiro atoms. The first-order valence-corrected chi connectivity index (χ1v) is 5.50. The molecule has 0 unspecified atom stereocenters. The number of hydrogen-bond acceptors (Lipinski definition) is 5. The summed E-state index contributed by atoms with van der Waals surface area (Å²) in [7, 11) is 1.54. The van der Waals surface area contributed by atoms with Gasteiger partial charge in [0.15, 0.2) is 0 Å². The van der Waals surface area contributed by atoms with Crippen molar-refractivity contribution in [2.24, 2.45) is 0 Å². The van der Waals surface area contributed by atoms with E-state index in [0.29, 0.717) is 19.6 Å². The Kier molecular flexibility index (Phi) is 9.70. The van der Waals surface area contributed by atoms with Crippen molar-refractivity contribution in [3.63, 3.8) is 0 Å². The van der Waals surface area contributed by atoms with Crippen molar-refractivity contribution in [1.29, 1.82) is 0 Å². The molecular weight excluding hydrogens is 212 g/mol. The Labute approximate surface area is 96.1 Å². The van der Waals surface area contributed by atoms with Gasteiger partial charge in [0.05, 0.1) is 13.2 Å². The Morgan fingerprint density at radius 2 is 1.50 bits per heavy atom. The largest absolute Gasteiger partial charge is 0.466 e. The maximum Gasteiger partial charge on any atom is 0.305 e. The van der Waals surface area contributed by atoms with Gasteiger partial charge >= 0.3 is 11.9 Å². The van der Waals surface area contributed by atoms with E-state index in [1.165, 1.54) is 7.11 Å². The Bertz CT molecular complexity index is 203. The lowest BCUT2D eigenvalue weighted by molar-refractivity contribution is -0.146. The first-order chi connectivity index (χ1) is 7.70. The predicted molar refractivity (Wildman–Crippen MR) is 57.9 cm³/mol. The standard InChI is InChI=1S/C11H20O5/c1-3-7-15-10(12)5-4-6-11(13)16-9-8-14-2/h3-9H2,1-2H3. The van der Waals surface area contributed by atoms with E-state index < -0.39 is 0 Å². The molecule has 0 N–H and O–H groups in total. The zero-order valence-corrected chi connectivity index (χ0v) is 9.99. The van der Waals surface area contributed by atoms with Crippen LogP contribution in [0.3, 0.4) is 0 Å². The number of carbonyl (C=O) groups excluding carboxylic acids is 2. The number of rotatable bonds is 9. The monoisotopic (exact) mass is 232 g/mol. The summed E-state index contributed by atoms with van der Waals surface area (Å²) in [5, 5.41) is 0. The van der Waals surface area contributed by atoms with Gasteiger partial charge in [0, 0.05) is 20.0 Å². The molecule has 0 aliphatic carbocycles. The number of carbonyl (C=O) groups is 2. The summed E-state index contributed by atoms with van der Waals surface area (Å²) in [6, 6.07) is 0. The van der Waals surface area contributed by atoms with Crippen molar-refractivity contribution in [3.05, 3.63) is 0 Å². The van der Waals surface area contributed by atoms with Crippen molar-refractivity contribution < 1.29 is 23.8 Å². The van der Waals surface area contributed by atoms with Crippen molar-refractivity contribution in [3.8, 4) is 0 Å². The van der Waals surface area contributed by atoms with Crippen LogP contribution in [0.1, 0.15) is 32.6 Å². The second-order valence-electron chi connectivity index (χ2n) is 3.29. The van der Waals surface area contributed by atoms with Gasteiger partial charge in [-0.25, -0.2) is 0 Å². The summed E-state index contributed by atoms with van der Waals surface area (Å²) >= 11 is 0. The van der Waals surface area contributed by atoms with Gasteiger partial charge in [-0.2, -0.15) is 0 Å². The number of hydrogen-bond donors (Lipinski definition) is 0. The van der Waals surface area contributed by atoms with Crippen LogP contribution in [0, 0.1) is 0 Å². The molecule has 0 saturated carbocycles. The Morgan fingerprint density at radius 1 is 0.938 bits per heavy atom. The summed E-state index contributed by atoms with van der Waals surface area (Å²) < 4.78 is 14.4. The molecular formula is C11H20O5. The molecule has 0 aliphatic rings. The van der Waals surface area contributed by atoms with E-state index in [9.17, 15) is 9.59 Å². The van der Waals surface area contributed by atoms with Crippen LogP contribution < -0.4 is 0 Å². The van der Waals surface area contributed by atoms with E-state index in [2.05, 4.69) is 0 Å². The van der Waals surface area contributed by atoms with Gasteiger partial charge in [-0.3, -0.25) is 9.59 Å². The van der Waals surface area contributed by atoms with Crippen LogP contribution in [0.2, 0.25) is 0 Å². The third-order valence-electron chi connectivity index (χ3n) is 1.78. The van der Waals surface area contributed by atoms with Gasteiger partial charge in [0.1, 0.15) is 6.61 Å². The fourth-order valence-corrected chi connectivity index (χ4v) is 0.976. The molecule has 0 saturated heterocycles. The molecule has 0 aromatic heterocycles. The SMILES string of the molecule is CCCOC(=O)CCCC(=O)OCCOC. The molecule has 0 radical (unpaired) electrons. The lowest BCUT2D eigenvalue weighted by Crippen LogP contribution is -2.11. The van der Waals surface area contributed by atoms with Crippen molar-refractivity contribution in [2.45, 2.75) is 32.6 Å². The number of methoxy groups -OCH3 is 1. The van der Waals surface area contributed by atoms with E-state index in [1.54, 1.807) is 0 Å². The number of ether oxygens (including phenoxy) is 3. The van der Waals surface area contributed by atoms with Crippen molar-refractivity contribution in [1.82, 2.24) is 0 Å². The summed E-state index contributed by atoms with van der Waals surface area (Å²) in [6.07, 6.45) is 1.78. The highest BCUT2D eigenvalue weighted by atomic mass is 16.6. The van der Waals surface area contributed by atoms with E-state index in [4.69, 9.17) is 14.2 Å². The average molecular weight is 232 g/mol. The summed E-state index contributed by atoms with van der Waals surface area (Å²) in [5.41, 5.74) is 0. The van der Waals surface area contributed by atoms with E-state index in [0.717, 1.165) is 6.42 Å². The second-order valence-corrected chi connectivity index (χ2v) is 3.29. The minimum atomic E-state index is -0.305. The first-order valence-electron chi connectivity index (χ1n) is 5.50. The highest BCUT2D eigenvalue weighted by Crippen LogP contribution is 2.00. The third kappa shape index (κ3) is 9.45. The normalized spacial score (nSPS) is 9.88. The molecule has 0 rings (SSSR count). The quantitative estimate of drug-likeness (QED) is 0.443. The smallest absolute Gasteiger partial charge is 0.305 e. The third-order valence-corrected chi connectivity index (χ3v) is 1.78. The highest BCUT2D eigenvalue weighted by Gasteiger charge is 2.06. The van der Waals surface area contributed by atoms with Gasteiger partial charge in [-0.05, 0) is 12.8 Å². The fraction of sp³-hybridized carbons (Fsp3) is 0.818. The highest BCUT2D eigenvalue weighted by molar-refractivity contribution is 5.72. The topological polar surface area (TPSA) is 61.8 Å². The van der Waals surface area contributed by atoms with Crippen LogP contribution in [0.15, 0.2) is 0 Å². The van der Waals surface area contributed by atoms with Crippen LogP contribution in [0.25, 0.3) is 0 Å². The molecule has 16 heavy (non-hydrogen) atoms. The lowest BCUT2D eigenvalue weighted by Gasteiger charge is -2.04. The maximum atomic E-state index is 11.1. The molecule has 0 amide bonds. The Balaban J connectivity index is 3.36. The van der Waals surface area contributed by atoms with Crippen LogP contribution in [0.5, 0.6) is 0 Å². The van der Waals surface area contributed by atoms with Crippen LogP contribution in [0.4, 0.5) is 0 Å². The molecule has 0 atom stereocenters. The summed E-state index contributed by atoms with van der Waals surface area (Å²) in [6.45, 7) is 3.03. The van der Waals surface area contributed by atoms with E-state index in [-0.39, 0.29) is 31.4 Å². The van der Waals surface area contributed by atoms with Crippen molar-refractivity contribution in [2.75, 3.05) is 26.9 Å². The average Bonchev–Trinajstić information content (AvgIpc) is 2.26. The van der Waals surface area contributed by atoms with Gasteiger partial charge in [0.25, 0.3) is 0 Å². The van der Waals surface area contributed by atoms with Crippen LogP contribution >= 0.6 is 0 Å². The van der Waals surface area contributed by atoms with E-state index in [1.807, 2.05) is 6.92 Å². The molecule has 0 aliphatic heterocycles. The van der Waals surface area contributed by atoms with Crippen molar-refractivity contribution >= 4 is 11.9 Å². The lowest BCUT2D eigenvalue weighted by atomic mass is 10.2. The van der Waals surface area contributed by atoms with Gasteiger partial charge in [-0.15, -0.1) is 0 Å². The summed E-state index contributed by atoms with van der Waals surface area (Å²) in [5.74, 6) is -0.563. The van der Waals surface area contributed by atoms with Gasteiger partial charge < -0.3 is 14.2 Å². The van der Waals surface area contributed by atoms with Gasteiger partial charge in [-0.1, -0.05) is 6.92 Å². The Hall–Kier alpha value is -1.10. The molecule has 5 heteroatoms. The molecule has 0 aromatic rings. The fourth-order valence-electron chi connectivity index (χ4n) is 0.976.